The summed E-state index contributed by atoms with van der Waals surface area (Å²) in [6.07, 6.45) is 1.55. The van der Waals surface area contributed by atoms with Gasteiger partial charge in [-0.05, 0) is 38.2 Å². The fourth-order valence-electron chi connectivity index (χ4n) is 1.53. The minimum absolute atomic E-state index is 0.136. The highest BCUT2D eigenvalue weighted by Gasteiger charge is 2.06. The van der Waals surface area contributed by atoms with Crippen LogP contribution in [0.25, 0.3) is 0 Å². The first-order valence-corrected chi connectivity index (χ1v) is 5.86. The Morgan fingerprint density at radius 2 is 1.84 bits per heavy atom. The van der Waals surface area contributed by atoms with Crippen LogP contribution in [0.15, 0.2) is 36.5 Å². The van der Waals surface area contributed by atoms with Crippen LogP contribution in [0.2, 0.25) is 0 Å². The van der Waals surface area contributed by atoms with Crippen molar-refractivity contribution in [3.05, 3.63) is 53.9 Å². The van der Waals surface area contributed by atoms with Gasteiger partial charge in [0, 0.05) is 12.1 Å². The Hall–Kier alpha value is -2.01. The molecule has 3 nitrogen and oxygen atoms in total. The molecule has 0 saturated carbocycles. The van der Waals surface area contributed by atoms with Gasteiger partial charge in [-0.2, -0.15) is 0 Å². The van der Waals surface area contributed by atoms with Crippen LogP contribution in [0.4, 0.5) is 8.78 Å². The van der Waals surface area contributed by atoms with Gasteiger partial charge in [0.2, 0.25) is 0 Å². The van der Waals surface area contributed by atoms with Crippen molar-refractivity contribution in [3.63, 3.8) is 0 Å². The molecule has 0 amide bonds. The predicted octanol–water partition coefficient (Wildman–Crippen LogP) is 3.43. The van der Waals surface area contributed by atoms with Crippen LogP contribution in [-0.4, -0.2) is 12.0 Å². The maximum Gasteiger partial charge on any atom is 0.162 e. The Bertz CT molecular complexity index is 558. The summed E-state index contributed by atoms with van der Waals surface area (Å²) >= 11 is 0. The number of aromatic nitrogens is 1. The zero-order valence-corrected chi connectivity index (χ0v) is 10.7. The normalized spacial score (nSPS) is 12.2. The second-order valence-electron chi connectivity index (χ2n) is 4.11. The summed E-state index contributed by atoms with van der Waals surface area (Å²) in [5.41, 5.74) is 0.875. The molecule has 1 N–H and O–H groups in total. The SMILES string of the molecule is CNC(C)c1ccc(Oc2ccc(F)c(F)c2)cn1. The molecule has 1 heterocycles. The van der Waals surface area contributed by atoms with Gasteiger partial charge in [-0.25, -0.2) is 8.78 Å². The second kappa shape index (κ2) is 5.75. The fraction of sp³-hybridized carbons (Fsp3) is 0.214. The first-order chi connectivity index (χ1) is 9.10. The molecule has 0 aliphatic heterocycles. The van der Waals surface area contributed by atoms with E-state index in [0.717, 1.165) is 17.8 Å². The monoisotopic (exact) mass is 264 g/mol. The molecule has 2 aromatic rings. The van der Waals surface area contributed by atoms with Crippen molar-refractivity contribution in [3.8, 4) is 11.5 Å². The van der Waals surface area contributed by atoms with E-state index in [1.807, 2.05) is 20.0 Å². The highest BCUT2D eigenvalue weighted by molar-refractivity contribution is 5.31. The smallest absolute Gasteiger partial charge is 0.162 e. The van der Waals surface area contributed by atoms with Crippen molar-refractivity contribution in [1.29, 1.82) is 0 Å². The van der Waals surface area contributed by atoms with E-state index in [0.29, 0.717) is 5.75 Å². The van der Waals surface area contributed by atoms with E-state index in [1.54, 1.807) is 12.3 Å². The van der Waals surface area contributed by atoms with E-state index < -0.39 is 11.6 Å². The molecule has 1 atom stereocenters. The Labute approximate surface area is 110 Å². The number of hydrogen-bond acceptors (Lipinski definition) is 3. The number of ether oxygens (including phenoxy) is 1. The van der Waals surface area contributed by atoms with Gasteiger partial charge in [0.1, 0.15) is 11.5 Å². The summed E-state index contributed by atoms with van der Waals surface area (Å²) < 4.78 is 31.2. The molecule has 1 aromatic carbocycles. The van der Waals surface area contributed by atoms with E-state index in [2.05, 4.69) is 10.3 Å². The van der Waals surface area contributed by atoms with Crippen molar-refractivity contribution < 1.29 is 13.5 Å². The number of rotatable bonds is 4. The lowest BCUT2D eigenvalue weighted by atomic mass is 10.2. The van der Waals surface area contributed by atoms with E-state index in [1.165, 1.54) is 6.07 Å². The molecule has 0 fully saturated rings. The second-order valence-corrected chi connectivity index (χ2v) is 4.11. The van der Waals surface area contributed by atoms with Crippen LogP contribution >= 0.6 is 0 Å². The van der Waals surface area contributed by atoms with Crippen LogP contribution < -0.4 is 10.1 Å². The molecule has 0 saturated heterocycles. The largest absolute Gasteiger partial charge is 0.456 e. The Morgan fingerprint density at radius 1 is 1.11 bits per heavy atom. The molecule has 5 heteroatoms. The fourth-order valence-corrected chi connectivity index (χ4v) is 1.53. The highest BCUT2D eigenvalue weighted by Crippen LogP contribution is 2.23. The van der Waals surface area contributed by atoms with Crippen LogP contribution in [0.5, 0.6) is 11.5 Å². The third-order valence-corrected chi connectivity index (χ3v) is 2.76. The summed E-state index contributed by atoms with van der Waals surface area (Å²) in [7, 11) is 1.85. The minimum Gasteiger partial charge on any atom is -0.456 e. The quantitative estimate of drug-likeness (QED) is 0.918. The molecule has 0 bridgehead atoms. The molecule has 19 heavy (non-hydrogen) atoms. The van der Waals surface area contributed by atoms with Crippen molar-refractivity contribution in [1.82, 2.24) is 10.3 Å². The van der Waals surface area contributed by atoms with Crippen LogP contribution in [0, 0.1) is 11.6 Å². The molecule has 2 rings (SSSR count). The first-order valence-electron chi connectivity index (χ1n) is 5.86. The summed E-state index contributed by atoms with van der Waals surface area (Å²) in [6.45, 7) is 1.98. The lowest BCUT2D eigenvalue weighted by Crippen LogP contribution is -2.13. The molecule has 0 spiro atoms. The van der Waals surface area contributed by atoms with Crippen LogP contribution in [-0.2, 0) is 0 Å². The van der Waals surface area contributed by atoms with E-state index in [9.17, 15) is 8.78 Å². The molecular formula is C14H14F2N2O. The van der Waals surface area contributed by atoms with Crippen LogP contribution in [0.3, 0.4) is 0 Å². The van der Waals surface area contributed by atoms with Crippen molar-refractivity contribution in [2.45, 2.75) is 13.0 Å². The van der Waals surface area contributed by atoms with Crippen molar-refractivity contribution >= 4 is 0 Å². The molecule has 0 aliphatic rings. The molecule has 0 aliphatic carbocycles. The van der Waals surface area contributed by atoms with Crippen LogP contribution in [0.1, 0.15) is 18.7 Å². The average molecular weight is 264 g/mol. The minimum atomic E-state index is -0.939. The number of hydrogen-bond donors (Lipinski definition) is 1. The lowest BCUT2D eigenvalue weighted by molar-refractivity contribution is 0.459. The number of nitrogens with one attached hydrogen (secondary N) is 1. The van der Waals surface area contributed by atoms with Gasteiger partial charge in [0.25, 0.3) is 0 Å². The predicted molar refractivity (Wildman–Crippen MR) is 68.1 cm³/mol. The number of benzene rings is 1. The first kappa shape index (κ1) is 13.4. The molecule has 100 valence electrons. The van der Waals surface area contributed by atoms with E-state index in [-0.39, 0.29) is 11.8 Å². The standard InChI is InChI=1S/C14H14F2N2O/c1-9(17-2)14-6-4-11(8-18-14)19-10-3-5-12(15)13(16)7-10/h3-9,17H,1-2H3. The van der Waals surface area contributed by atoms with Gasteiger partial charge < -0.3 is 10.1 Å². The third kappa shape index (κ3) is 3.26. The van der Waals surface area contributed by atoms with Crippen molar-refractivity contribution in [2.24, 2.45) is 0 Å². The maximum atomic E-state index is 13.0. The zero-order valence-electron chi connectivity index (χ0n) is 10.7. The highest BCUT2D eigenvalue weighted by atomic mass is 19.2. The van der Waals surface area contributed by atoms with Gasteiger partial charge in [-0.3, -0.25) is 4.98 Å². The summed E-state index contributed by atoms with van der Waals surface area (Å²) in [5.74, 6) is -1.14. The van der Waals surface area contributed by atoms with E-state index in [4.69, 9.17) is 4.74 Å². The average Bonchev–Trinajstić information content (AvgIpc) is 2.43. The summed E-state index contributed by atoms with van der Waals surface area (Å²) in [5, 5.41) is 3.07. The molecule has 1 aromatic heterocycles. The van der Waals surface area contributed by atoms with Gasteiger partial charge in [-0.15, -0.1) is 0 Å². The van der Waals surface area contributed by atoms with Gasteiger partial charge in [-0.1, -0.05) is 0 Å². The number of pyridine rings is 1. The Morgan fingerprint density at radius 3 is 2.42 bits per heavy atom. The Balaban J connectivity index is 2.12. The Kier molecular flexibility index (Phi) is 4.06. The molecular weight excluding hydrogens is 250 g/mol. The number of nitrogens with zero attached hydrogens (tertiary/aromatic N) is 1. The van der Waals surface area contributed by atoms with Crippen molar-refractivity contribution in [2.75, 3.05) is 7.05 Å². The zero-order chi connectivity index (χ0) is 13.8. The molecule has 1 unspecified atom stereocenters. The third-order valence-electron chi connectivity index (χ3n) is 2.76. The van der Waals surface area contributed by atoms with Gasteiger partial charge in [0.05, 0.1) is 11.9 Å². The van der Waals surface area contributed by atoms with E-state index >= 15 is 0 Å². The van der Waals surface area contributed by atoms with Gasteiger partial charge >= 0.3 is 0 Å². The molecule has 0 radical (unpaired) electrons. The summed E-state index contributed by atoms with van der Waals surface area (Å²) in [6, 6.07) is 7.07. The lowest BCUT2D eigenvalue weighted by Gasteiger charge is -2.10. The summed E-state index contributed by atoms with van der Waals surface area (Å²) in [4.78, 5) is 4.23. The number of halogens is 2. The topological polar surface area (TPSA) is 34.1 Å². The van der Waals surface area contributed by atoms with Gasteiger partial charge in [0.15, 0.2) is 11.6 Å². The maximum absolute atomic E-state index is 13.0.